The van der Waals surface area contributed by atoms with Crippen molar-refractivity contribution in [3.63, 3.8) is 0 Å². The summed E-state index contributed by atoms with van der Waals surface area (Å²) in [5.74, 6) is -0.200. The zero-order valence-electron chi connectivity index (χ0n) is 10.2. The summed E-state index contributed by atoms with van der Waals surface area (Å²) in [7, 11) is 0. The molecule has 0 aliphatic carbocycles. The summed E-state index contributed by atoms with van der Waals surface area (Å²) in [4.78, 5) is 16.3. The number of benzene rings is 1. The molecule has 0 saturated carbocycles. The largest absolute Gasteiger partial charge is 0.320 e. The number of hydrogen-bond donors (Lipinski definition) is 1. The van der Waals surface area contributed by atoms with Crippen LogP contribution < -0.4 is 5.32 Å². The van der Waals surface area contributed by atoms with Crippen LogP contribution in [0.25, 0.3) is 0 Å². The minimum Gasteiger partial charge on any atom is -0.320 e. The van der Waals surface area contributed by atoms with Crippen LogP contribution >= 0.6 is 15.9 Å². The minimum absolute atomic E-state index is 0.200. The van der Waals surface area contributed by atoms with Gasteiger partial charge in [0.1, 0.15) is 5.69 Å². The third-order valence-corrected chi connectivity index (χ3v) is 3.14. The molecular weight excluding hydrogens is 292 g/mol. The highest BCUT2D eigenvalue weighted by atomic mass is 79.9. The van der Waals surface area contributed by atoms with E-state index in [0.717, 1.165) is 21.4 Å². The Balaban J connectivity index is 2.25. The molecule has 92 valence electrons. The number of amides is 1. The van der Waals surface area contributed by atoms with Gasteiger partial charge in [0.15, 0.2) is 0 Å². The smallest absolute Gasteiger partial charge is 0.274 e. The fraction of sp³-hybridized carbons (Fsp3) is 0.143. The minimum atomic E-state index is -0.200. The average Bonchev–Trinajstić information content (AvgIpc) is 2.31. The molecule has 1 amide bonds. The molecule has 1 heterocycles. The summed E-state index contributed by atoms with van der Waals surface area (Å²) >= 11 is 3.39. The highest BCUT2D eigenvalue weighted by Crippen LogP contribution is 2.21. The second-order valence-electron chi connectivity index (χ2n) is 4.11. The number of carbonyl (C=O) groups excluding carboxylic acids is 1. The Bertz CT molecular complexity index is 576. The van der Waals surface area contributed by atoms with Gasteiger partial charge in [-0.25, -0.2) is 4.98 Å². The molecule has 1 N–H and O–H groups in total. The summed E-state index contributed by atoms with van der Waals surface area (Å²) in [6, 6.07) is 11.2. The molecule has 4 heteroatoms. The quantitative estimate of drug-likeness (QED) is 0.919. The molecule has 0 spiro atoms. The number of halogens is 1. The van der Waals surface area contributed by atoms with Crippen molar-refractivity contribution in [2.24, 2.45) is 0 Å². The Morgan fingerprint density at radius 1 is 1.22 bits per heavy atom. The van der Waals surface area contributed by atoms with Crippen molar-refractivity contribution >= 4 is 27.5 Å². The van der Waals surface area contributed by atoms with E-state index in [1.807, 2.05) is 44.2 Å². The first kappa shape index (κ1) is 12.8. The van der Waals surface area contributed by atoms with Crippen LogP contribution in [0, 0.1) is 13.8 Å². The van der Waals surface area contributed by atoms with Gasteiger partial charge in [-0.1, -0.05) is 12.1 Å². The Morgan fingerprint density at radius 3 is 2.61 bits per heavy atom. The molecule has 0 aliphatic heterocycles. The SMILES string of the molecule is Cc1cc(C)nc(C(=O)Nc2ccccc2Br)c1. The van der Waals surface area contributed by atoms with Crippen molar-refractivity contribution in [1.29, 1.82) is 0 Å². The zero-order valence-corrected chi connectivity index (χ0v) is 11.8. The van der Waals surface area contributed by atoms with Gasteiger partial charge in [-0.2, -0.15) is 0 Å². The van der Waals surface area contributed by atoms with E-state index in [2.05, 4.69) is 26.2 Å². The first-order valence-electron chi connectivity index (χ1n) is 5.57. The van der Waals surface area contributed by atoms with Gasteiger partial charge < -0.3 is 5.32 Å². The fourth-order valence-corrected chi connectivity index (χ4v) is 2.09. The summed E-state index contributed by atoms with van der Waals surface area (Å²) in [5.41, 5.74) is 3.04. The van der Waals surface area contributed by atoms with Crippen molar-refractivity contribution in [3.8, 4) is 0 Å². The highest BCUT2D eigenvalue weighted by Gasteiger charge is 2.10. The lowest BCUT2D eigenvalue weighted by atomic mass is 10.2. The van der Waals surface area contributed by atoms with E-state index in [9.17, 15) is 4.79 Å². The maximum atomic E-state index is 12.1. The molecule has 0 fully saturated rings. The number of hydrogen-bond acceptors (Lipinski definition) is 2. The second-order valence-corrected chi connectivity index (χ2v) is 4.96. The Hall–Kier alpha value is -1.68. The van der Waals surface area contributed by atoms with E-state index in [0.29, 0.717) is 5.69 Å². The third kappa shape index (κ3) is 2.96. The summed E-state index contributed by atoms with van der Waals surface area (Å²) in [6.45, 7) is 3.83. The molecule has 1 aromatic carbocycles. The Labute approximate surface area is 114 Å². The number of pyridine rings is 1. The van der Waals surface area contributed by atoms with E-state index < -0.39 is 0 Å². The van der Waals surface area contributed by atoms with Gasteiger partial charge in [-0.3, -0.25) is 4.79 Å². The molecule has 18 heavy (non-hydrogen) atoms. The molecule has 0 unspecified atom stereocenters. The van der Waals surface area contributed by atoms with Gasteiger partial charge in [-0.05, 0) is 59.6 Å². The van der Waals surface area contributed by atoms with Gasteiger partial charge in [0.25, 0.3) is 5.91 Å². The van der Waals surface area contributed by atoms with E-state index in [-0.39, 0.29) is 5.91 Å². The summed E-state index contributed by atoms with van der Waals surface area (Å²) in [6.07, 6.45) is 0. The maximum absolute atomic E-state index is 12.1. The van der Waals surface area contributed by atoms with Crippen LogP contribution in [0.3, 0.4) is 0 Å². The molecule has 0 aliphatic rings. The highest BCUT2D eigenvalue weighted by molar-refractivity contribution is 9.10. The fourth-order valence-electron chi connectivity index (χ4n) is 1.71. The number of anilines is 1. The van der Waals surface area contributed by atoms with Crippen LogP contribution in [0.1, 0.15) is 21.7 Å². The standard InChI is InChI=1S/C14H13BrN2O/c1-9-7-10(2)16-13(8-9)14(18)17-12-6-4-3-5-11(12)15/h3-8H,1-2H3,(H,17,18). The van der Waals surface area contributed by atoms with E-state index >= 15 is 0 Å². The van der Waals surface area contributed by atoms with Crippen LogP contribution in [-0.2, 0) is 0 Å². The molecule has 2 rings (SSSR count). The lowest BCUT2D eigenvalue weighted by Crippen LogP contribution is -2.14. The number of nitrogens with one attached hydrogen (secondary N) is 1. The van der Waals surface area contributed by atoms with E-state index in [1.54, 1.807) is 6.07 Å². The molecule has 0 bridgehead atoms. The lowest BCUT2D eigenvalue weighted by Gasteiger charge is -2.07. The monoisotopic (exact) mass is 304 g/mol. The van der Waals surface area contributed by atoms with Crippen LogP contribution in [0.4, 0.5) is 5.69 Å². The Morgan fingerprint density at radius 2 is 1.94 bits per heavy atom. The topological polar surface area (TPSA) is 42.0 Å². The van der Waals surface area contributed by atoms with Gasteiger partial charge in [-0.15, -0.1) is 0 Å². The number of aryl methyl sites for hydroxylation is 2. The first-order valence-corrected chi connectivity index (χ1v) is 6.37. The predicted octanol–water partition coefficient (Wildman–Crippen LogP) is 3.71. The van der Waals surface area contributed by atoms with Gasteiger partial charge in [0.2, 0.25) is 0 Å². The molecule has 2 aromatic rings. The molecule has 3 nitrogen and oxygen atoms in total. The third-order valence-electron chi connectivity index (χ3n) is 2.45. The van der Waals surface area contributed by atoms with Crippen molar-refractivity contribution in [2.45, 2.75) is 13.8 Å². The predicted molar refractivity (Wildman–Crippen MR) is 75.8 cm³/mol. The molecule has 0 radical (unpaired) electrons. The number of para-hydroxylation sites is 1. The lowest BCUT2D eigenvalue weighted by molar-refractivity contribution is 0.102. The molecular formula is C14H13BrN2O. The zero-order chi connectivity index (χ0) is 13.1. The number of rotatable bonds is 2. The average molecular weight is 305 g/mol. The van der Waals surface area contributed by atoms with Crippen LogP contribution in [0.5, 0.6) is 0 Å². The molecule has 1 aromatic heterocycles. The van der Waals surface area contributed by atoms with Crippen molar-refractivity contribution in [2.75, 3.05) is 5.32 Å². The molecule has 0 saturated heterocycles. The van der Waals surface area contributed by atoms with E-state index in [4.69, 9.17) is 0 Å². The maximum Gasteiger partial charge on any atom is 0.274 e. The van der Waals surface area contributed by atoms with Gasteiger partial charge in [0, 0.05) is 10.2 Å². The molecule has 0 atom stereocenters. The summed E-state index contributed by atoms with van der Waals surface area (Å²) < 4.78 is 0.850. The van der Waals surface area contributed by atoms with E-state index in [1.165, 1.54) is 0 Å². The number of nitrogens with zero attached hydrogens (tertiary/aromatic N) is 1. The van der Waals surface area contributed by atoms with Crippen LogP contribution in [0.2, 0.25) is 0 Å². The van der Waals surface area contributed by atoms with Crippen molar-refractivity contribution in [1.82, 2.24) is 4.98 Å². The number of aromatic nitrogens is 1. The van der Waals surface area contributed by atoms with Gasteiger partial charge >= 0.3 is 0 Å². The normalized spacial score (nSPS) is 10.2. The number of carbonyl (C=O) groups is 1. The van der Waals surface area contributed by atoms with Gasteiger partial charge in [0.05, 0.1) is 5.69 Å². The van der Waals surface area contributed by atoms with Crippen LogP contribution in [0.15, 0.2) is 40.9 Å². The van der Waals surface area contributed by atoms with Crippen molar-refractivity contribution < 1.29 is 4.79 Å². The second kappa shape index (κ2) is 5.31. The first-order chi connectivity index (χ1) is 8.56. The summed E-state index contributed by atoms with van der Waals surface area (Å²) in [5, 5.41) is 2.83. The van der Waals surface area contributed by atoms with Crippen molar-refractivity contribution in [3.05, 3.63) is 57.8 Å². The Kier molecular flexibility index (Phi) is 3.77. The van der Waals surface area contributed by atoms with Crippen LogP contribution in [-0.4, -0.2) is 10.9 Å².